The number of halogens is 2. The van der Waals surface area contributed by atoms with Crippen LogP contribution in [0.25, 0.3) is 0 Å². The van der Waals surface area contributed by atoms with E-state index in [0.29, 0.717) is 9.33 Å². The van der Waals surface area contributed by atoms with E-state index >= 15 is 0 Å². The van der Waals surface area contributed by atoms with Crippen LogP contribution < -0.4 is 5.32 Å². The molecule has 0 atom stereocenters. The van der Waals surface area contributed by atoms with Crippen LogP contribution in [0.5, 0.6) is 0 Å². The molecule has 2 aromatic rings. The average Bonchev–Trinajstić information content (AvgIpc) is 2.72. The quantitative estimate of drug-likeness (QED) is 0.881. The van der Waals surface area contributed by atoms with Gasteiger partial charge in [-0.25, -0.2) is 12.7 Å². The minimum Gasteiger partial charge on any atom is -0.323 e. The third-order valence-corrected chi connectivity index (χ3v) is 5.74. The Kier molecular flexibility index (Phi) is 4.25. The summed E-state index contributed by atoms with van der Waals surface area (Å²) >= 11 is 11.7. The SMILES string of the molecule is O=C(CN1C(=O)c2ccccc2S1(=O)=O)Nc1ccc(Cl)cc1Cl. The highest BCUT2D eigenvalue weighted by molar-refractivity contribution is 7.90. The number of carbonyl (C=O) groups excluding carboxylic acids is 2. The number of amides is 2. The molecule has 6 nitrogen and oxygen atoms in total. The average molecular weight is 385 g/mol. The molecule has 2 amide bonds. The fourth-order valence-corrected chi connectivity index (χ4v) is 4.28. The normalized spacial score (nSPS) is 15.2. The van der Waals surface area contributed by atoms with E-state index in [1.165, 1.54) is 36.4 Å². The maximum atomic E-state index is 12.4. The lowest BCUT2D eigenvalue weighted by Crippen LogP contribution is -2.37. The molecule has 0 radical (unpaired) electrons. The molecule has 0 aliphatic carbocycles. The standard InChI is InChI=1S/C15H10Cl2N2O4S/c16-9-5-6-12(11(17)7-9)18-14(20)8-19-15(21)10-3-1-2-4-13(10)24(19,22)23/h1-7H,8H2,(H,18,20). The zero-order chi connectivity index (χ0) is 17.5. The van der Waals surface area contributed by atoms with Crippen molar-refractivity contribution in [2.45, 2.75) is 4.90 Å². The van der Waals surface area contributed by atoms with E-state index in [0.717, 1.165) is 0 Å². The first kappa shape index (κ1) is 16.8. The summed E-state index contributed by atoms with van der Waals surface area (Å²) in [6, 6.07) is 10.3. The number of carbonyl (C=O) groups is 2. The van der Waals surface area contributed by atoms with Gasteiger partial charge in [0.05, 0.1) is 16.3 Å². The molecule has 3 rings (SSSR count). The van der Waals surface area contributed by atoms with Gasteiger partial charge in [0.2, 0.25) is 5.91 Å². The number of nitrogens with zero attached hydrogens (tertiary/aromatic N) is 1. The summed E-state index contributed by atoms with van der Waals surface area (Å²) in [5.74, 6) is -1.42. The predicted molar refractivity (Wildman–Crippen MR) is 89.8 cm³/mol. The molecule has 0 unspecified atom stereocenters. The summed E-state index contributed by atoms with van der Waals surface area (Å²) in [7, 11) is -4.03. The molecular weight excluding hydrogens is 375 g/mol. The van der Waals surface area contributed by atoms with Crippen LogP contribution in [-0.2, 0) is 14.8 Å². The number of anilines is 1. The van der Waals surface area contributed by atoms with Gasteiger partial charge in [0.25, 0.3) is 15.9 Å². The molecule has 0 fully saturated rings. The molecule has 1 heterocycles. The van der Waals surface area contributed by atoms with Crippen molar-refractivity contribution >= 4 is 50.7 Å². The van der Waals surface area contributed by atoms with Gasteiger partial charge in [-0.3, -0.25) is 9.59 Å². The number of rotatable bonds is 3. The lowest BCUT2D eigenvalue weighted by molar-refractivity contribution is -0.116. The fraction of sp³-hybridized carbons (Fsp3) is 0.0667. The number of fused-ring (bicyclic) bond motifs is 1. The van der Waals surface area contributed by atoms with E-state index < -0.39 is 28.4 Å². The number of sulfonamides is 1. The van der Waals surface area contributed by atoms with Crippen LogP contribution in [-0.4, -0.2) is 31.1 Å². The molecule has 0 saturated heterocycles. The molecule has 0 spiro atoms. The first-order chi connectivity index (χ1) is 11.3. The number of nitrogens with one attached hydrogen (secondary N) is 1. The maximum absolute atomic E-state index is 12.4. The van der Waals surface area contributed by atoms with Gasteiger partial charge in [0.1, 0.15) is 11.4 Å². The van der Waals surface area contributed by atoms with Crippen LogP contribution in [0.2, 0.25) is 10.0 Å². The van der Waals surface area contributed by atoms with Crippen molar-refractivity contribution in [3.63, 3.8) is 0 Å². The van der Waals surface area contributed by atoms with Crippen molar-refractivity contribution in [2.24, 2.45) is 0 Å². The maximum Gasteiger partial charge on any atom is 0.269 e. The lowest BCUT2D eigenvalue weighted by Gasteiger charge is -2.15. The molecule has 1 aliphatic heterocycles. The van der Waals surface area contributed by atoms with Gasteiger partial charge < -0.3 is 5.32 Å². The Labute approximate surface area is 148 Å². The Balaban J connectivity index is 1.82. The van der Waals surface area contributed by atoms with Gasteiger partial charge in [-0.1, -0.05) is 35.3 Å². The monoisotopic (exact) mass is 384 g/mol. The molecule has 124 valence electrons. The third-order valence-electron chi connectivity index (χ3n) is 3.40. The largest absolute Gasteiger partial charge is 0.323 e. The first-order valence-electron chi connectivity index (χ1n) is 6.72. The van der Waals surface area contributed by atoms with E-state index in [-0.39, 0.29) is 21.2 Å². The number of benzene rings is 2. The van der Waals surface area contributed by atoms with Crippen LogP contribution in [0.4, 0.5) is 5.69 Å². The van der Waals surface area contributed by atoms with Crippen molar-refractivity contribution in [1.29, 1.82) is 0 Å². The van der Waals surface area contributed by atoms with Crippen molar-refractivity contribution < 1.29 is 18.0 Å². The highest BCUT2D eigenvalue weighted by atomic mass is 35.5. The van der Waals surface area contributed by atoms with Crippen LogP contribution in [0.1, 0.15) is 10.4 Å². The van der Waals surface area contributed by atoms with Crippen molar-refractivity contribution in [2.75, 3.05) is 11.9 Å². The molecule has 0 bridgehead atoms. The molecule has 1 N–H and O–H groups in total. The van der Waals surface area contributed by atoms with Gasteiger partial charge in [-0.15, -0.1) is 0 Å². The van der Waals surface area contributed by atoms with Gasteiger partial charge in [-0.05, 0) is 30.3 Å². The highest BCUT2D eigenvalue weighted by Crippen LogP contribution is 2.30. The molecule has 2 aromatic carbocycles. The summed E-state index contributed by atoms with van der Waals surface area (Å²) in [5.41, 5.74) is 0.322. The Morgan fingerprint density at radius 2 is 1.83 bits per heavy atom. The van der Waals surface area contributed by atoms with Crippen LogP contribution in [0.3, 0.4) is 0 Å². The second kappa shape index (κ2) is 6.08. The van der Waals surface area contributed by atoms with Crippen molar-refractivity contribution in [1.82, 2.24) is 4.31 Å². The third kappa shape index (κ3) is 2.86. The molecule has 9 heteroatoms. The Hall–Kier alpha value is -2.09. The van der Waals surface area contributed by atoms with E-state index in [2.05, 4.69) is 5.32 Å². The van der Waals surface area contributed by atoms with Crippen molar-refractivity contribution in [3.8, 4) is 0 Å². The smallest absolute Gasteiger partial charge is 0.269 e. The number of hydrogen-bond acceptors (Lipinski definition) is 4. The van der Waals surface area contributed by atoms with Gasteiger partial charge in [0.15, 0.2) is 0 Å². The van der Waals surface area contributed by atoms with E-state index in [1.807, 2.05) is 0 Å². The lowest BCUT2D eigenvalue weighted by atomic mass is 10.2. The second-order valence-electron chi connectivity index (χ2n) is 4.99. The Morgan fingerprint density at radius 3 is 2.50 bits per heavy atom. The zero-order valence-corrected chi connectivity index (χ0v) is 14.3. The van der Waals surface area contributed by atoms with Gasteiger partial charge >= 0.3 is 0 Å². The molecule has 0 saturated carbocycles. The topological polar surface area (TPSA) is 83.6 Å². The van der Waals surface area contributed by atoms with E-state index in [9.17, 15) is 18.0 Å². The van der Waals surface area contributed by atoms with Crippen molar-refractivity contribution in [3.05, 3.63) is 58.1 Å². The Bertz CT molecular complexity index is 960. The molecule has 0 aromatic heterocycles. The summed E-state index contributed by atoms with van der Waals surface area (Å²) in [4.78, 5) is 24.3. The highest BCUT2D eigenvalue weighted by Gasteiger charge is 2.41. The number of hydrogen-bond donors (Lipinski definition) is 1. The van der Waals surface area contributed by atoms with Gasteiger partial charge in [-0.2, -0.15) is 0 Å². The molecular formula is C15H10Cl2N2O4S. The Morgan fingerprint density at radius 1 is 1.12 bits per heavy atom. The summed E-state index contributed by atoms with van der Waals surface area (Å²) < 4.78 is 25.3. The predicted octanol–water partition coefficient (Wildman–Crippen LogP) is 2.78. The second-order valence-corrected chi connectivity index (χ2v) is 7.66. The minimum atomic E-state index is -4.03. The summed E-state index contributed by atoms with van der Waals surface area (Å²) in [6.07, 6.45) is 0. The fourth-order valence-electron chi connectivity index (χ4n) is 2.30. The van der Waals surface area contributed by atoms with Crippen LogP contribution >= 0.6 is 23.2 Å². The molecule has 24 heavy (non-hydrogen) atoms. The summed E-state index contributed by atoms with van der Waals surface area (Å²) in [5, 5.41) is 3.06. The van der Waals surface area contributed by atoms with Crippen LogP contribution in [0.15, 0.2) is 47.4 Å². The first-order valence-corrected chi connectivity index (χ1v) is 8.91. The minimum absolute atomic E-state index is 0.0508. The van der Waals surface area contributed by atoms with E-state index in [4.69, 9.17) is 23.2 Å². The van der Waals surface area contributed by atoms with Gasteiger partial charge in [0, 0.05) is 5.02 Å². The zero-order valence-electron chi connectivity index (χ0n) is 12.0. The summed E-state index contributed by atoms with van der Waals surface area (Å²) in [6.45, 7) is -0.644. The van der Waals surface area contributed by atoms with E-state index in [1.54, 1.807) is 6.07 Å². The molecule has 1 aliphatic rings. The van der Waals surface area contributed by atoms with Crippen LogP contribution in [0, 0.1) is 0 Å².